The van der Waals surface area contributed by atoms with Crippen molar-refractivity contribution >= 4 is 0 Å². The Bertz CT molecular complexity index is 110. The van der Waals surface area contributed by atoms with Crippen LogP contribution in [0.2, 0.25) is 0 Å². The molecule has 0 rings (SSSR count). The first-order valence-corrected chi connectivity index (χ1v) is 4.28. The molecule has 0 heterocycles. The standard InChI is InChI=1S/C9H21NO/c1-7(2)8(10)9(3,4)5-6-11/h7-8,11H,5-6,10H2,1-4H3. The first-order chi connectivity index (χ1) is 4.91. The second-order valence-electron chi connectivity index (χ2n) is 4.23. The highest BCUT2D eigenvalue weighted by Gasteiger charge is 2.27. The van der Waals surface area contributed by atoms with E-state index in [-0.39, 0.29) is 18.1 Å². The monoisotopic (exact) mass is 159 g/mol. The Kier molecular flexibility index (Phi) is 4.04. The Morgan fingerprint density at radius 1 is 1.36 bits per heavy atom. The highest BCUT2D eigenvalue weighted by Crippen LogP contribution is 2.27. The number of hydrogen-bond acceptors (Lipinski definition) is 2. The summed E-state index contributed by atoms with van der Waals surface area (Å²) < 4.78 is 0. The van der Waals surface area contributed by atoms with Crippen LogP contribution >= 0.6 is 0 Å². The Balaban J connectivity index is 4.05. The zero-order valence-electron chi connectivity index (χ0n) is 8.09. The van der Waals surface area contributed by atoms with Gasteiger partial charge in [0.15, 0.2) is 0 Å². The maximum absolute atomic E-state index is 8.78. The van der Waals surface area contributed by atoms with Crippen molar-refractivity contribution < 1.29 is 5.11 Å². The second-order valence-corrected chi connectivity index (χ2v) is 4.23. The van der Waals surface area contributed by atoms with E-state index in [1.165, 1.54) is 0 Å². The van der Waals surface area contributed by atoms with E-state index in [2.05, 4.69) is 27.7 Å². The Morgan fingerprint density at radius 2 is 1.82 bits per heavy atom. The second kappa shape index (κ2) is 4.07. The van der Waals surface area contributed by atoms with Crippen LogP contribution < -0.4 is 5.73 Å². The molecule has 0 radical (unpaired) electrons. The van der Waals surface area contributed by atoms with Crippen LogP contribution in [0.4, 0.5) is 0 Å². The Morgan fingerprint density at radius 3 is 2.09 bits per heavy atom. The predicted molar refractivity (Wildman–Crippen MR) is 48.3 cm³/mol. The lowest BCUT2D eigenvalue weighted by Crippen LogP contribution is -2.41. The van der Waals surface area contributed by atoms with Crippen LogP contribution in [-0.2, 0) is 0 Å². The van der Waals surface area contributed by atoms with Gasteiger partial charge in [0.2, 0.25) is 0 Å². The van der Waals surface area contributed by atoms with Crippen LogP contribution in [-0.4, -0.2) is 17.8 Å². The lowest BCUT2D eigenvalue weighted by Gasteiger charge is -2.33. The molecule has 0 aliphatic rings. The maximum Gasteiger partial charge on any atom is 0.0436 e. The van der Waals surface area contributed by atoms with Crippen molar-refractivity contribution in [2.24, 2.45) is 17.1 Å². The molecule has 0 aliphatic heterocycles. The molecule has 3 N–H and O–H groups in total. The Hall–Kier alpha value is -0.0800. The lowest BCUT2D eigenvalue weighted by atomic mass is 9.77. The fourth-order valence-electron chi connectivity index (χ4n) is 1.36. The van der Waals surface area contributed by atoms with Crippen LogP contribution in [0.1, 0.15) is 34.1 Å². The van der Waals surface area contributed by atoms with E-state index in [0.717, 1.165) is 6.42 Å². The normalized spacial score (nSPS) is 15.5. The van der Waals surface area contributed by atoms with Gasteiger partial charge in [0, 0.05) is 12.6 Å². The predicted octanol–water partition coefficient (Wildman–Crippen LogP) is 1.38. The fourth-order valence-corrected chi connectivity index (χ4v) is 1.36. The van der Waals surface area contributed by atoms with Gasteiger partial charge in [0.05, 0.1) is 0 Å². The summed E-state index contributed by atoms with van der Waals surface area (Å²) in [5.74, 6) is 0.483. The van der Waals surface area contributed by atoms with Gasteiger partial charge in [0.25, 0.3) is 0 Å². The van der Waals surface area contributed by atoms with Crippen molar-refractivity contribution in [3.05, 3.63) is 0 Å². The quantitative estimate of drug-likeness (QED) is 0.651. The molecule has 0 fully saturated rings. The molecular weight excluding hydrogens is 138 g/mol. The summed E-state index contributed by atoms with van der Waals surface area (Å²) in [6, 6.07) is 0.176. The van der Waals surface area contributed by atoms with Crippen LogP contribution in [0, 0.1) is 11.3 Å². The van der Waals surface area contributed by atoms with E-state index >= 15 is 0 Å². The van der Waals surface area contributed by atoms with Crippen LogP contribution in [0.3, 0.4) is 0 Å². The summed E-state index contributed by atoms with van der Waals surface area (Å²) in [6.45, 7) is 8.67. The summed E-state index contributed by atoms with van der Waals surface area (Å²) in [6.07, 6.45) is 0.784. The van der Waals surface area contributed by atoms with Gasteiger partial charge < -0.3 is 10.8 Å². The van der Waals surface area contributed by atoms with E-state index in [4.69, 9.17) is 10.8 Å². The van der Waals surface area contributed by atoms with Gasteiger partial charge in [-0.15, -0.1) is 0 Å². The maximum atomic E-state index is 8.78. The van der Waals surface area contributed by atoms with Crippen molar-refractivity contribution in [3.8, 4) is 0 Å². The van der Waals surface area contributed by atoms with Crippen molar-refractivity contribution in [2.45, 2.75) is 40.2 Å². The van der Waals surface area contributed by atoms with Crippen molar-refractivity contribution in [2.75, 3.05) is 6.61 Å². The third kappa shape index (κ3) is 3.21. The molecule has 68 valence electrons. The molecule has 0 aromatic heterocycles. The van der Waals surface area contributed by atoms with Gasteiger partial charge in [0.1, 0.15) is 0 Å². The summed E-state index contributed by atoms with van der Waals surface area (Å²) >= 11 is 0. The molecule has 0 bridgehead atoms. The Labute approximate surface area is 69.8 Å². The number of rotatable bonds is 4. The first-order valence-electron chi connectivity index (χ1n) is 4.28. The van der Waals surface area contributed by atoms with Gasteiger partial charge in [-0.1, -0.05) is 27.7 Å². The van der Waals surface area contributed by atoms with E-state index in [1.807, 2.05) is 0 Å². The highest BCUT2D eigenvalue weighted by molar-refractivity contribution is 4.83. The van der Waals surface area contributed by atoms with Crippen molar-refractivity contribution in [1.82, 2.24) is 0 Å². The van der Waals surface area contributed by atoms with Gasteiger partial charge in [-0.25, -0.2) is 0 Å². The molecule has 1 unspecified atom stereocenters. The van der Waals surface area contributed by atoms with Crippen LogP contribution in [0.15, 0.2) is 0 Å². The molecule has 11 heavy (non-hydrogen) atoms. The largest absolute Gasteiger partial charge is 0.396 e. The minimum atomic E-state index is 0.0584. The van der Waals surface area contributed by atoms with Gasteiger partial charge in [-0.05, 0) is 17.8 Å². The van der Waals surface area contributed by atoms with E-state index in [9.17, 15) is 0 Å². The van der Waals surface area contributed by atoms with E-state index < -0.39 is 0 Å². The SMILES string of the molecule is CC(C)C(N)C(C)(C)CCO. The molecule has 1 atom stereocenters. The summed E-state index contributed by atoms with van der Waals surface area (Å²) in [5, 5.41) is 8.78. The van der Waals surface area contributed by atoms with Crippen LogP contribution in [0.25, 0.3) is 0 Å². The fraction of sp³-hybridized carbons (Fsp3) is 1.00. The molecule has 0 aromatic carbocycles. The van der Waals surface area contributed by atoms with Crippen LogP contribution in [0.5, 0.6) is 0 Å². The molecule has 0 amide bonds. The molecule has 2 heteroatoms. The van der Waals surface area contributed by atoms with Gasteiger partial charge in [-0.2, -0.15) is 0 Å². The summed E-state index contributed by atoms with van der Waals surface area (Å²) in [4.78, 5) is 0. The first kappa shape index (κ1) is 10.9. The zero-order chi connectivity index (χ0) is 9.07. The van der Waals surface area contributed by atoms with E-state index in [1.54, 1.807) is 0 Å². The number of hydrogen-bond donors (Lipinski definition) is 2. The third-order valence-corrected chi connectivity index (χ3v) is 2.38. The highest BCUT2D eigenvalue weighted by atomic mass is 16.3. The molecule has 2 nitrogen and oxygen atoms in total. The molecule has 0 spiro atoms. The average molecular weight is 159 g/mol. The number of aliphatic hydroxyl groups is 1. The third-order valence-electron chi connectivity index (χ3n) is 2.38. The number of aliphatic hydroxyl groups excluding tert-OH is 1. The molecule has 0 aromatic rings. The lowest BCUT2D eigenvalue weighted by molar-refractivity contribution is 0.161. The minimum absolute atomic E-state index is 0.0584. The molecule has 0 aliphatic carbocycles. The molecule has 0 saturated heterocycles. The van der Waals surface area contributed by atoms with Crippen molar-refractivity contribution in [3.63, 3.8) is 0 Å². The molecular formula is C9H21NO. The zero-order valence-corrected chi connectivity index (χ0v) is 8.09. The van der Waals surface area contributed by atoms with Gasteiger partial charge >= 0.3 is 0 Å². The van der Waals surface area contributed by atoms with E-state index in [0.29, 0.717) is 5.92 Å². The van der Waals surface area contributed by atoms with Gasteiger partial charge in [-0.3, -0.25) is 0 Å². The molecule has 0 saturated carbocycles. The minimum Gasteiger partial charge on any atom is -0.396 e. The summed E-state index contributed by atoms with van der Waals surface area (Å²) in [7, 11) is 0. The topological polar surface area (TPSA) is 46.2 Å². The average Bonchev–Trinajstić information content (AvgIpc) is 1.86. The smallest absolute Gasteiger partial charge is 0.0436 e. The summed E-state index contributed by atoms with van der Waals surface area (Å²) in [5.41, 5.74) is 6.03. The number of nitrogens with two attached hydrogens (primary N) is 1. The van der Waals surface area contributed by atoms with Crippen molar-refractivity contribution in [1.29, 1.82) is 0 Å².